The molecule has 1 saturated heterocycles. The molecule has 1 N–H and O–H groups in total. The highest BCUT2D eigenvalue weighted by Crippen LogP contribution is 2.27. The van der Waals surface area contributed by atoms with Gasteiger partial charge in [-0.05, 0) is 35.4 Å². The van der Waals surface area contributed by atoms with Crippen LogP contribution >= 0.6 is 0 Å². The monoisotopic (exact) mass is 315 g/mol. The minimum atomic E-state index is -0.556. The molecule has 0 aliphatic carbocycles. The molecule has 1 unspecified atom stereocenters. The van der Waals surface area contributed by atoms with Crippen molar-refractivity contribution in [1.82, 2.24) is 9.55 Å². The Morgan fingerprint density at radius 3 is 2.70 bits per heavy atom. The van der Waals surface area contributed by atoms with E-state index in [2.05, 4.69) is 10.3 Å². The van der Waals surface area contributed by atoms with Gasteiger partial charge in [0.2, 0.25) is 18.1 Å². The number of imidazole rings is 1. The van der Waals surface area contributed by atoms with Crippen molar-refractivity contribution in [3.8, 4) is 0 Å². The Bertz CT molecular complexity index is 753. The first kappa shape index (κ1) is 15.0. The molecular weight excluding hydrogens is 298 g/mol. The SMILES string of the molecule is Cc1ccc(N2CCC(Nc3c([N+](=O)[O-])ncn3C)C2=O)cc1. The summed E-state index contributed by atoms with van der Waals surface area (Å²) in [7, 11) is 1.65. The Labute approximate surface area is 132 Å². The van der Waals surface area contributed by atoms with E-state index in [-0.39, 0.29) is 17.5 Å². The van der Waals surface area contributed by atoms with Crippen LogP contribution in [-0.4, -0.2) is 33.0 Å². The molecule has 1 aliphatic rings. The van der Waals surface area contributed by atoms with Gasteiger partial charge in [-0.3, -0.25) is 9.36 Å². The highest BCUT2D eigenvalue weighted by molar-refractivity contribution is 6.01. The number of aryl methyl sites for hydroxylation is 2. The van der Waals surface area contributed by atoms with Crippen molar-refractivity contribution in [3.05, 3.63) is 46.3 Å². The van der Waals surface area contributed by atoms with Gasteiger partial charge in [0, 0.05) is 19.3 Å². The van der Waals surface area contributed by atoms with Crippen LogP contribution in [0, 0.1) is 17.0 Å². The molecule has 0 saturated carbocycles. The standard InChI is InChI=1S/C15H17N5O3/c1-10-3-5-11(6-4-10)19-8-7-12(15(19)21)17-14-13(20(22)23)16-9-18(14)2/h3-6,9,12,17H,7-8H2,1-2H3. The van der Waals surface area contributed by atoms with Crippen molar-refractivity contribution in [3.63, 3.8) is 0 Å². The van der Waals surface area contributed by atoms with Gasteiger partial charge < -0.3 is 20.3 Å². The summed E-state index contributed by atoms with van der Waals surface area (Å²) in [6.07, 6.45) is 1.94. The predicted octanol–water partition coefficient (Wildman–Crippen LogP) is 1.85. The third kappa shape index (κ3) is 2.75. The summed E-state index contributed by atoms with van der Waals surface area (Å²) in [6, 6.07) is 7.22. The molecule has 8 nitrogen and oxygen atoms in total. The van der Waals surface area contributed by atoms with E-state index in [4.69, 9.17) is 0 Å². The summed E-state index contributed by atoms with van der Waals surface area (Å²) >= 11 is 0. The number of nitro groups is 1. The minimum Gasteiger partial charge on any atom is -0.358 e. The van der Waals surface area contributed by atoms with E-state index in [1.54, 1.807) is 11.9 Å². The maximum atomic E-state index is 12.6. The fraction of sp³-hybridized carbons (Fsp3) is 0.333. The van der Waals surface area contributed by atoms with Crippen LogP contribution < -0.4 is 10.2 Å². The van der Waals surface area contributed by atoms with E-state index in [9.17, 15) is 14.9 Å². The number of carbonyl (C=O) groups excluding carboxylic acids is 1. The van der Waals surface area contributed by atoms with Gasteiger partial charge in [0.25, 0.3) is 0 Å². The number of nitrogens with one attached hydrogen (secondary N) is 1. The molecule has 0 radical (unpaired) electrons. The number of amides is 1. The smallest absolute Gasteiger partial charge is 0.358 e. The number of anilines is 2. The van der Waals surface area contributed by atoms with Gasteiger partial charge in [0.15, 0.2) is 0 Å². The summed E-state index contributed by atoms with van der Waals surface area (Å²) in [6.45, 7) is 2.56. The largest absolute Gasteiger partial charge is 0.406 e. The van der Waals surface area contributed by atoms with Crippen LogP contribution in [-0.2, 0) is 11.8 Å². The molecule has 1 aromatic carbocycles. The molecule has 8 heteroatoms. The number of carbonyl (C=O) groups is 1. The summed E-state index contributed by atoms with van der Waals surface area (Å²) in [5, 5.41) is 14.0. The quantitative estimate of drug-likeness (QED) is 0.686. The van der Waals surface area contributed by atoms with Crippen molar-refractivity contribution in [2.45, 2.75) is 19.4 Å². The normalized spacial score (nSPS) is 17.6. The Kier molecular flexibility index (Phi) is 3.73. The number of aromatic nitrogens is 2. The van der Waals surface area contributed by atoms with Crippen LogP contribution in [0.15, 0.2) is 30.6 Å². The molecule has 3 rings (SSSR count). The Balaban J connectivity index is 1.79. The fourth-order valence-electron chi connectivity index (χ4n) is 2.68. The van der Waals surface area contributed by atoms with Gasteiger partial charge in [0.1, 0.15) is 6.04 Å². The average Bonchev–Trinajstić information content (AvgIpc) is 3.05. The van der Waals surface area contributed by atoms with Gasteiger partial charge in [-0.15, -0.1) is 0 Å². The van der Waals surface area contributed by atoms with Gasteiger partial charge in [0.05, 0.1) is 0 Å². The van der Waals surface area contributed by atoms with Crippen molar-refractivity contribution in [2.24, 2.45) is 7.05 Å². The first-order valence-electron chi connectivity index (χ1n) is 7.27. The maximum Gasteiger partial charge on any atom is 0.406 e. The van der Waals surface area contributed by atoms with Crippen molar-refractivity contribution < 1.29 is 9.72 Å². The number of hydrogen-bond donors (Lipinski definition) is 1. The highest BCUT2D eigenvalue weighted by atomic mass is 16.6. The summed E-state index contributed by atoms with van der Waals surface area (Å²) in [5.41, 5.74) is 1.96. The van der Waals surface area contributed by atoms with Crippen LogP contribution in [0.5, 0.6) is 0 Å². The van der Waals surface area contributed by atoms with Crippen LogP contribution in [0.4, 0.5) is 17.3 Å². The maximum absolute atomic E-state index is 12.6. The van der Waals surface area contributed by atoms with Crippen molar-refractivity contribution >= 4 is 23.2 Å². The molecule has 23 heavy (non-hydrogen) atoms. The summed E-state index contributed by atoms with van der Waals surface area (Å²) in [4.78, 5) is 28.5. The van der Waals surface area contributed by atoms with Gasteiger partial charge >= 0.3 is 5.82 Å². The van der Waals surface area contributed by atoms with E-state index >= 15 is 0 Å². The fourth-order valence-corrected chi connectivity index (χ4v) is 2.68. The number of rotatable bonds is 4. The first-order chi connectivity index (χ1) is 11.0. The Morgan fingerprint density at radius 2 is 2.04 bits per heavy atom. The minimum absolute atomic E-state index is 0.0932. The van der Waals surface area contributed by atoms with Crippen LogP contribution in [0.2, 0.25) is 0 Å². The predicted molar refractivity (Wildman–Crippen MR) is 85.4 cm³/mol. The molecule has 1 atom stereocenters. The lowest BCUT2D eigenvalue weighted by molar-refractivity contribution is -0.388. The Morgan fingerprint density at radius 1 is 1.35 bits per heavy atom. The molecule has 2 heterocycles. The van der Waals surface area contributed by atoms with Gasteiger partial charge in [-0.25, -0.2) is 0 Å². The van der Waals surface area contributed by atoms with Crippen LogP contribution in [0.25, 0.3) is 0 Å². The molecule has 120 valence electrons. The lowest BCUT2D eigenvalue weighted by Crippen LogP contribution is -2.34. The van der Waals surface area contributed by atoms with Gasteiger partial charge in [-0.1, -0.05) is 17.7 Å². The molecule has 1 fully saturated rings. The van der Waals surface area contributed by atoms with E-state index in [1.807, 2.05) is 31.2 Å². The first-order valence-corrected chi connectivity index (χ1v) is 7.27. The molecule has 0 spiro atoms. The molecule has 1 aromatic heterocycles. The third-order valence-electron chi connectivity index (χ3n) is 3.95. The number of hydrogen-bond acceptors (Lipinski definition) is 5. The van der Waals surface area contributed by atoms with Crippen molar-refractivity contribution in [1.29, 1.82) is 0 Å². The van der Waals surface area contributed by atoms with Gasteiger partial charge in [-0.2, -0.15) is 0 Å². The summed E-state index contributed by atoms with van der Waals surface area (Å²) in [5.74, 6) is -0.113. The second kappa shape index (κ2) is 5.71. The zero-order valence-corrected chi connectivity index (χ0v) is 12.9. The van der Waals surface area contributed by atoms with E-state index < -0.39 is 11.0 Å². The molecule has 0 bridgehead atoms. The summed E-state index contributed by atoms with van der Waals surface area (Å²) < 4.78 is 1.51. The zero-order valence-electron chi connectivity index (χ0n) is 12.9. The van der Waals surface area contributed by atoms with Crippen LogP contribution in [0.3, 0.4) is 0 Å². The number of benzene rings is 1. The zero-order chi connectivity index (χ0) is 16.6. The third-order valence-corrected chi connectivity index (χ3v) is 3.95. The molecule has 2 aromatic rings. The molecule has 1 amide bonds. The topological polar surface area (TPSA) is 93.3 Å². The second-order valence-electron chi connectivity index (χ2n) is 5.60. The average molecular weight is 315 g/mol. The lowest BCUT2D eigenvalue weighted by Gasteiger charge is -2.17. The molecular formula is C15H17N5O3. The second-order valence-corrected chi connectivity index (χ2v) is 5.60. The highest BCUT2D eigenvalue weighted by Gasteiger charge is 2.35. The molecule has 1 aliphatic heterocycles. The lowest BCUT2D eigenvalue weighted by atomic mass is 10.2. The van der Waals surface area contributed by atoms with E-state index in [0.29, 0.717) is 13.0 Å². The van der Waals surface area contributed by atoms with E-state index in [0.717, 1.165) is 11.3 Å². The van der Waals surface area contributed by atoms with Crippen molar-refractivity contribution in [2.75, 3.05) is 16.8 Å². The number of nitrogens with zero attached hydrogens (tertiary/aromatic N) is 4. The Hall–Kier alpha value is -2.90. The van der Waals surface area contributed by atoms with E-state index in [1.165, 1.54) is 10.9 Å². The van der Waals surface area contributed by atoms with Crippen LogP contribution in [0.1, 0.15) is 12.0 Å².